The number of nitrogens with zero attached hydrogens (tertiary/aromatic N) is 3. The fourth-order valence-corrected chi connectivity index (χ4v) is 2.06. The van der Waals surface area contributed by atoms with Gasteiger partial charge in [-0.1, -0.05) is 0 Å². The lowest BCUT2D eigenvalue weighted by atomic mass is 10.1. The van der Waals surface area contributed by atoms with Crippen LogP contribution in [0.3, 0.4) is 0 Å². The molecule has 2 rings (SSSR count). The van der Waals surface area contributed by atoms with Crippen molar-refractivity contribution < 1.29 is 9.72 Å². The van der Waals surface area contributed by atoms with Crippen LogP contribution in [0.5, 0.6) is 0 Å². The van der Waals surface area contributed by atoms with Gasteiger partial charge in [0.25, 0.3) is 5.69 Å². The number of nitriles is 1. The Morgan fingerprint density at radius 1 is 1.56 bits per heavy atom. The van der Waals surface area contributed by atoms with Crippen molar-refractivity contribution in [2.45, 2.75) is 13.3 Å². The number of rotatable bonds is 2. The predicted molar refractivity (Wildman–Crippen MR) is 63.9 cm³/mol. The molecule has 0 saturated carbocycles. The van der Waals surface area contributed by atoms with Crippen molar-refractivity contribution in [3.8, 4) is 6.07 Å². The molecule has 1 heterocycles. The molecule has 0 bridgehead atoms. The van der Waals surface area contributed by atoms with Gasteiger partial charge in [-0.05, 0) is 19.1 Å². The Labute approximate surface area is 104 Å². The highest BCUT2D eigenvalue weighted by Gasteiger charge is 2.31. The third kappa shape index (κ3) is 2.02. The smallest absolute Gasteiger partial charge is 0.272 e. The number of carbonyl (C=O) groups excluding carboxylic acids is 1. The first-order valence-electron chi connectivity index (χ1n) is 5.48. The van der Waals surface area contributed by atoms with Crippen LogP contribution in [-0.2, 0) is 4.79 Å². The fourth-order valence-electron chi connectivity index (χ4n) is 2.06. The van der Waals surface area contributed by atoms with Crippen molar-refractivity contribution in [2.75, 3.05) is 11.4 Å². The van der Waals surface area contributed by atoms with Crippen molar-refractivity contribution in [2.24, 2.45) is 5.92 Å². The molecule has 1 aromatic carbocycles. The predicted octanol–water partition coefficient (Wildman–Crippen LogP) is 1.78. The first-order chi connectivity index (χ1) is 8.52. The Morgan fingerprint density at radius 2 is 2.28 bits per heavy atom. The fraction of sp³-hybridized carbons (Fsp3) is 0.333. The van der Waals surface area contributed by atoms with E-state index in [1.165, 1.54) is 11.0 Å². The average Bonchev–Trinajstić information content (AvgIpc) is 2.70. The second-order valence-corrected chi connectivity index (χ2v) is 4.26. The molecule has 1 aliphatic rings. The number of amides is 1. The van der Waals surface area contributed by atoms with Gasteiger partial charge in [0.15, 0.2) is 0 Å². The lowest BCUT2D eigenvalue weighted by Gasteiger charge is -2.16. The third-order valence-corrected chi connectivity index (χ3v) is 3.00. The van der Waals surface area contributed by atoms with Crippen molar-refractivity contribution in [3.63, 3.8) is 0 Å². The monoisotopic (exact) mass is 245 g/mol. The Balaban J connectivity index is 2.31. The highest BCUT2D eigenvalue weighted by Crippen LogP contribution is 2.28. The molecule has 0 spiro atoms. The van der Waals surface area contributed by atoms with Gasteiger partial charge in [0.2, 0.25) is 5.91 Å². The van der Waals surface area contributed by atoms with Crippen LogP contribution in [0, 0.1) is 34.3 Å². The SMILES string of the molecule is Cc1cc(N2CC(C#N)CC2=O)ccc1[N+](=O)[O-]. The molecule has 6 nitrogen and oxygen atoms in total. The molecule has 1 aliphatic heterocycles. The Morgan fingerprint density at radius 3 is 2.78 bits per heavy atom. The van der Waals surface area contributed by atoms with Crippen LogP contribution in [-0.4, -0.2) is 17.4 Å². The van der Waals surface area contributed by atoms with Gasteiger partial charge < -0.3 is 4.90 Å². The van der Waals surface area contributed by atoms with Gasteiger partial charge in [-0.15, -0.1) is 0 Å². The molecule has 1 amide bonds. The maximum Gasteiger partial charge on any atom is 0.272 e. The van der Waals surface area contributed by atoms with E-state index < -0.39 is 4.92 Å². The number of aryl methyl sites for hydroxylation is 1. The zero-order valence-electron chi connectivity index (χ0n) is 9.79. The lowest BCUT2D eigenvalue weighted by molar-refractivity contribution is -0.385. The van der Waals surface area contributed by atoms with Gasteiger partial charge in [0.1, 0.15) is 0 Å². The van der Waals surface area contributed by atoms with Crippen molar-refractivity contribution >= 4 is 17.3 Å². The minimum Gasteiger partial charge on any atom is -0.311 e. The van der Waals surface area contributed by atoms with Gasteiger partial charge in [0.05, 0.1) is 16.9 Å². The van der Waals surface area contributed by atoms with Gasteiger partial charge in [0, 0.05) is 30.3 Å². The van der Waals surface area contributed by atoms with E-state index in [0.717, 1.165) is 0 Å². The Bertz CT molecular complexity index is 562. The highest BCUT2D eigenvalue weighted by atomic mass is 16.6. The summed E-state index contributed by atoms with van der Waals surface area (Å²) in [6.07, 6.45) is 0.215. The van der Waals surface area contributed by atoms with Crippen molar-refractivity contribution in [1.29, 1.82) is 5.26 Å². The standard InChI is InChI=1S/C12H11N3O3/c1-8-4-10(2-3-11(8)15(17)18)14-7-9(6-13)5-12(14)16/h2-4,9H,5,7H2,1H3. The molecule has 1 saturated heterocycles. The molecule has 0 aromatic heterocycles. The number of benzene rings is 1. The summed E-state index contributed by atoms with van der Waals surface area (Å²) in [4.78, 5) is 23.5. The summed E-state index contributed by atoms with van der Waals surface area (Å²) < 4.78 is 0. The largest absolute Gasteiger partial charge is 0.311 e. The van der Waals surface area contributed by atoms with Crippen LogP contribution in [0.25, 0.3) is 0 Å². The molecular formula is C12H11N3O3. The van der Waals surface area contributed by atoms with E-state index in [9.17, 15) is 14.9 Å². The molecule has 18 heavy (non-hydrogen) atoms. The zero-order valence-corrected chi connectivity index (χ0v) is 9.79. The molecule has 0 N–H and O–H groups in total. The van der Waals surface area contributed by atoms with E-state index in [2.05, 4.69) is 6.07 Å². The molecule has 1 atom stereocenters. The van der Waals surface area contributed by atoms with Crippen molar-refractivity contribution in [3.05, 3.63) is 33.9 Å². The van der Waals surface area contributed by atoms with E-state index in [4.69, 9.17) is 5.26 Å². The Kier molecular flexibility index (Phi) is 2.98. The van der Waals surface area contributed by atoms with Crippen molar-refractivity contribution in [1.82, 2.24) is 0 Å². The maximum atomic E-state index is 11.7. The summed E-state index contributed by atoms with van der Waals surface area (Å²) in [6.45, 7) is 1.98. The van der Waals surface area contributed by atoms with E-state index in [0.29, 0.717) is 17.8 Å². The molecule has 1 unspecified atom stereocenters. The highest BCUT2D eigenvalue weighted by molar-refractivity contribution is 5.96. The van der Waals surface area contributed by atoms with Gasteiger partial charge >= 0.3 is 0 Å². The third-order valence-electron chi connectivity index (χ3n) is 3.00. The van der Waals surface area contributed by atoms with E-state index in [-0.39, 0.29) is 23.9 Å². The second-order valence-electron chi connectivity index (χ2n) is 4.26. The van der Waals surface area contributed by atoms with Crippen LogP contribution in [0.2, 0.25) is 0 Å². The van der Waals surface area contributed by atoms with E-state index >= 15 is 0 Å². The number of nitro benzene ring substituents is 1. The number of hydrogen-bond donors (Lipinski definition) is 0. The van der Waals surface area contributed by atoms with Crippen LogP contribution in [0.1, 0.15) is 12.0 Å². The van der Waals surface area contributed by atoms with Crippen LogP contribution in [0.4, 0.5) is 11.4 Å². The van der Waals surface area contributed by atoms with Crippen LogP contribution in [0.15, 0.2) is 18.2 Å². The molecule has 0 aliphatic carbocycles. The molecule has 1 fully saturated rings. The van der Waals surface area contributed by atoms with Gasteiger partial charge in [-0.3, -0.25) is 14.9 Å². The minimum absolute atomic E-state index is 0.0298. The lowest BCUT2D eigenvalue weighted by Crippen LogP contribution is -2.24. The van der Waals surface area contributed by atoms with Crippen LogP contribution >= 0.6 is 0 Å². The quantitative estimate of drug-likeness (QED) is 0.587. The molecule has 0 radical (unpaired) electrons. The first-order valence-corrected chi connectivity index (χ1v) is 5.48. The van der Waals surface area contributed by atoms with Crippen LogP contribution < -0.4 is 4.90 Å². The first kappa shape index (κ1) is 12.0. The average molecular weight is 245 g/mol. The molecule has 1 aromatic rings. The van der Waals surface area contributed by atoms with Gasteiger partial charge in [-0.2, -0.15) is 5.26 Å². The summed E-state index contributed by atoms with van der Waals surface area (Å²) in [5.41, 5.74) is 1.15. The zero-order chi connectivity index (χ0) is 13.3. The number of nitro groups is 1. The number of carbonyl (C=O) groups is 1. The number of anilines is 1. The van der Waals surface area contributed by atoms with Gasteiger partial charge in [-0.25, -0.2) is 0 Å². The molecule has 92 valence electrons. The molecular weight excluding hydrogens is 234 g/mol. The minimum atomic E-state index is -0.455. The topological polar surface area (TPSA) is 87.2 Å². The maximum absolute atomic E-state index is 11.7. The number of hydrogen-bond acceptors (Lipinski definition) is 4. The van der Waals surface area contributed by atoms with E-state index in [1.807, 2.05) is 0 Å². The summed E-state index contributed by atoms with van der Waals surface area (Å²) in [6, 6.07) is 6.61. The summed E-state index contributed by atoms with van der Waals surface area (Å²) in [7, 11) is 0. The Hall–Kier alpha value is -2.42. The second kappa shape index (κ2) is 4.45. The summed E-state index contributed by atoms with van der Waals surface area (Å²) in [5.74, 6) is -0.414. The molecule has 6 heteroatoms. The summed E-state index contributed by atoms with van der Waals surface area (Å²) in [5, 5.41) is 19.5. The summed E-state index contributed by atoms with van der Waals surface area (Å²) >= 11 is 0. The van der Waals surface area contributed by atoms with E-state index in [1.54, 1.807) is 19.1 Å². The normalized spacial score (nSPS) is 18.8.